The molecule has 0 aliphatic rings. The number of hydrogen-bond acceptors (Lipinski definition) is 5. The number of aliphatic hydroxyl groups is 2. The lowest BCUT2D eigenvalue weighted by Gasteiger charge is -2.36. The van der Waals surface area contributed by atoms with Gasteiger partial charge >= 0.3 is 5.92 Å². The van der Waals surface area contributed by atoms with E-state index in [1.807, 2.05) is 20.8 Å². The Kier molecular flexibility index (Phi) is 6.22. The van der Waals surface area contributed by atoms with Crippen LogP contribution in [0.25, 0.3) is 0 Å². The van der Waals surface area contributed by atoms with Gasteiger partial charge in [-0.1, -0.05) is 20.8 Å². The summed E-state index contributed by atoms with van der Waals surface area (Å²) in [6, 6.07) is 0. The Bertz CT molecular complexity index is 304. The van der Waals surface area contributed by atoms with Crippen molar-refractivity contribution in [1.29, 1.82) is 0 Å². The summed E-state index contributed by atoms with van der Waals surface area (Å²) in [6.45, 7) is 8.17. The first kappa shape index (κ1) is 18.6. The highest BCUT2D eigenvalue weighted by molar-refractivity contribution is 6.73. The van der Waals surface area contributed by atoms with Gasteiger partial charge in [-0.3, -0.25) is 9.37 Å². The van der Waals surface area contributed by atoms with Crippen LogP contribution in [0.4, 0.5) is 8.78 Å². The summed E-state index contributed by atoms with van der Waals surface area (Å²) in [5.41, 5.74) is 0. The van der Waals surface area contributed by atoms with Crippen molar-refractivity contribution in [2.24, 2.45) is 0 Å². The standard InChI is InChI=1S/C11H22F2O5Si/c1-10(2,3)19(4,5)18-17-9(8(16)6-14)11(12,13)7-15/h7-9,14,16H,6H2,1-5H3/t8-,9-/m1/s1. The Labute approximate surface area is 112 Å². The van der Waals surface area contributed by atoms with Crippen LogP contribution in [0.15, 0.2) is 0 Å². The third-order valence-corrected chi connectivity index (χ3v) is 7.36. The van der Waals surface area contributed by atoms with Gasteiger partial charge in [-0.15, -0.1) is 0 Å². The minimum Gasteiger partial charge on any atom is -0.394 e. The molecule has 2 N–H and O–H groups in total. The molecule has 2 atom stereocenters. The average molecular weight is 300 g/mol. The number of rotatable bonds is 7. The summed E-state index contributed by atoms with van der Waals surface area (Å²) in [4.78, 5) is 15.0. The molecule has 0 saturated carbocycles. The molecule has 0 fully saturated rings. The number of carbonyl (C=O) groups excluding carboxylic acids is 1. The van der Waals surface area contributed by atoms with Crippen LogP contribution in [0.5, 0.6) is 0 Å². The van der Waals surface area contributed by atoms with Gasteiger partial charge in [0.2, 0.25) is 8.32 Å². The Morgan fingerprint density at radius 2 is 1.79 bits per heavy atom. The predicted octanol–water partition coefficient (Wildman–Crippen LogP) is 1.50. The largest absolute Gasteiger partial charge is 0.394 e. The topological polar surface area (TPSA) is 76.0 Å². The number of alkyl halides is 2. The van der Waals surface area contributed by atoms with E-state index in [0.29, 0.717) is 0 Å². The quantitative estimate of drug-likeness (QED) is 0.322. The van der Waals surface area contributed by atoms with Crippen LogP contribution in [-0.4, -0.2) is 49.6 Å². The maximum absolute atomic E-state index is 13.3. The normalized spacial score (nSPS) is 17.1. The summed E-state index contributed by atoms with van der Waals surface area (Å²) < 4.78 is 31.7. The van der Waals surface area contributed by atoms with E-state index in [4.69, 9.17) is 9.68 Å². The summed E-state index contributed by atoms with van der Waals surface area (Å²) in [5, 5.41) is 17.7. The molecule has 0 spiro atoms. The van der Waals surface area contributed by atoms with E-state index in [2.05, 4.69) is 4.89 Å². The fraction of sp³-hybridized carbons (Fsp3) is 0.909. The van der Waals surface area contributed by atoms with Gasteiger partial charge in [0.1, 0.15) is 6.10 Å². The van der Waals surface area contributed by atoms with Crippen molar-refractivity contribution in [2.75, 3.05) is 6.61 Å². The average Bonchev–Trinajstić information content (AvgIpc) is 2.26. The molecule has 0 aromatic carbocycles. The smallest absolute Gasteiger partial charge is 0.333 e. The molecule has 5 nitrogen and oxygen atoms in total. The zero-order chi connectivity index (χ0) is 15.5. The van der Waals surface area contributed by atoms with Crippen molar-refractivity contribution in [2.45, 2.75) is 57.0 Å². The van der Waals surface area contributed by atoms with Crippen molar-refractivity contribution < 1.29 is 33.3 Å². The van der Waals surface area contributed by atoms with Gasteiger partial charge in [0.05, 0.1) is 6.61 Å². The lowest BCUT2D eigenvalue weighted by Crippen LogP contribution is -2.50. The maximum atomic E-state index is 13.3. The Morgan fingerprint density at radius 3 is 2.11 bits per heavy atom. The van der Waals surface area contributed by atoms with Gasteiger partial charge < -0.3 is 10.2 Å². The molecule has 0 aliphatic heterocycles. The molecule has 0 saturated heterocycles. The highest BCUT2D eigenvalue weighted by atomic mass is 28.4. The van der Waals surface area contributed by atoms with Crippen LogP contribution in [0, 0.1) is 0 Å². The molecule has 0 rings (SSSR count). The van der Waals surface area contributed by atoms with Crippen molar-refractivity contribution in [3.63, 3.8) is 0 Å². The molecule has 0 heterocycles. The minimum absolute atomic E-state index is 0.293. The van der Waals surface area contributed by atoms with Crippen LogP contribution < -0.4 is 0 Å². The lowest BCUT2D eigenvalue weighted by molar-refractivity contribution is -0.319. The third kappa shape index (κ3) is 4.88. The second-order valence-electron chi connectivity index (χ2n) is 5.90. The van der Waals surface area contributed by atoms with Gasteiger partial charge in [0.25, 0.3) is 0 Å². The number of carbonyl (C=O) groups is 1. The number of aldehydes is 1. The number of aliphatic hydroxyl groups excluding tert-OH is 2. The Morgan fingerprint density at radius 1 is 1.32 bits per heavy atom. The monoisotopic (exact) mass is 300 g/mol. The second kappa shape index (κ2) is 6.36. The molecule has 0 aromatic rings. The summed E-state index contributed by atoms with van der Waals surface area (Å²) in [5.74, 6) is -3.94. The van der Waals surface area contributed by atoms with Gasteiger partial charge in [-0.05, 0) is 18.1 Å². The van der Waals surface area contributed by atoms with Crippen LogP contribution in [-0.2, 0) is 14.3 Å². The van der Waals surface area contributed by atoms with Crippen molar-refractivity contribution in [1.82, 2.24) is 0 Å². The Balaban J connectivity index is 4.93. The molecule has 0 unspecified atom stereocenters. The molecule has 0 bridgehead atoms. The molecule has 0 aliphatic carbocycles. The summed E-state index contributed by atoms with van der Waals surface area (Å²) in [6.07, 6.45) is -4.78. The molecular weight excluding hydrogens is 278 g/mol. The van der Waals surface area contributed by atoms with E-state index in [1.54, 1.807) is 13.1 Å². The predicted molar refractivity (Wildman–Crippen MR) is 67.3 cm³/mol. The third-order valence-electron chi connectivity index (χ3n) is 3.24. The highest BCUT2D eigenvalue weighted by Crippen LogP contribution is 2.37. The summed E-state index contributed by atoms with van der Waals surface area (Å²) >= 11 is 0. The van der Waals surface area contributed by atoms with Gasteiger partial charge in [0.15, 0.2) is 12.4 Å². The minimum atomic E-state index is -3.94. The zero-order valence-electron chi connectivity index (χ0n) is 11.8. The van der Waals surface area contributed by atoms with Gasteiger partial charge in [-0.2, -0.15) is 8.78 Å². The van der Waals surface area contributed by atoms with Crippen LogP contribution in [0.2, 0.25) is 18.1 Å². The molecule has 19 heavy (non-hydrogen) atoms. The van der Waals surface area contributed by atoms with E-state index < -0.39 is 39.3 Å². The molecule has 0 radical (unpaired) electrons. The van der Waals surface area contributed by atoms with E-state index >= 15 is 0 Å². The van der Waals surface area contributed by atoms with Crippen LogP contribution >= 0.6 is 0 Å². The Hall–Kier alpha value is -0.413. The van der Waals surface area contributed by atoms with E-state index in [9.17, 15) is 18.7 Å². The van der Waals surface area contributed by atoms with Gasteiger partial charge in [0, 0.05) is 0 Å². The van der Waals surface area contributed by atoms with Crippen LogP contribution in [0.3, 0.4) is 0 Å². The maximum Gasteiger partial charge on any atom is 0.333 e. The lowest BCUT2D eigenvalue weighted by atomic mass is 10.1. The molecule has 0 aromatic heterocycles. The van der Waals surface area contributed by atoms with Crippen molar-refractivity contribution in [3.8, 4) is 0 Å². The van der Waals surface area contributed by atoms with E-state index in [0.717, 1.165) is 0 Å². The molecule has 114 valence electrons. The summed E-state index contributed by atoms with van der Waals surface area (Å²) in [7, 11) is -2.48. The fourth-order valence-electron chi connectivity index (χ4n) is 0.845. The fourth-order valence-corrected chi connectivity index (χ4v) is 1.44. The van der Waals surface area contributed by atoms with Crippen LogP contribution in [0.1, 0.15) is 20.8 Å². The molecular formula is C11H22F2O5Si. The molecule has 8 heteroatoms. The van der Waals surface area contributed by atoms with Gasteiger partial charge in [-0.25, -0.2) is 4.89 Å². The SMILES string of the molecule is CC(C)(C)[Si](C)(C)OO[C@H]([C@H](O)CO)C(F)(F)C=O. The van der Waals surface area contributed by atoms with Crippen molar-refractivity contribution >= 4 is 14.6 Å². The van der Waals surface area contributed by atoms with Crippen molar-refractivity contribution in [3.05, 3.63) is 0 Å². The molecule has 0 amide bonds. The first-order valence-electron chi connectivity index (χ1n) is 5.86. The zero-order valence-corrected chi connectivity index (χ0v) is 12.8. The number of halogens is 2. The first-order chi connectivity index (χ1) is 8.39. The van der Waals surface area contributed by atoms with E-state index in [-0.39, 0.29) is 5.04 Å². The first-order valence-corrected chi connectivity index (χ1v) is 8.77. The highest BCUT2D eigenvalue weighted by Gasteiger charge is 2.48. The van der Waals surface area contributed by atoms with E-state index in [1.165, 1.54) is 0 Å². The second-order valence-corrected chi connectivity index (χ2v) is 10.6. The number of hydrogen-bond donors (Lipinski definition) is 2.